The van der Waals surface area contributed by atoms with Crippen molar-refractivity contribution in [2.24, 2.45) is 0 Å². The van der Waals surface area contributed by atoms with Crippen molar-refractivity contribution in [2.75, 3.05) is 64.5 Å². The topological polar surface area (TPSA) is 123 Å². The summed E-state index contributed by atoms with van der Waals surface area (Å²) in [6.45, 7) is 2.93. The monoisotopic (exact) mass is 432 g/mol. The summed E-state index contributed by atoms with van der Waals surface area (Å²) in [6, 6.07) is 4.67. The van der Waals surface area contributed by atoms with Gasteiger partial charge in [-0.3, -0.25) is 19.7 Å². The quantitative estimate of drug-likeness (QED) is 0.219. The van der Waals surface area contributed by atoms with Crippen LogP contribution in [0.3, 0.4) is 0 Å². The Morgan fingerprint density at radius 2 is 1.65 bits per heavy atom. The van der Waals surface area contributed by atoms with Crippen LogP contribution in [0.4, 0.5) is 11.4 Å². The Labute approximate surface area is 178 Å². The molecule has 3 rings (SSSR count). The van der Waals surface area contributed by atoms with E-state index in [2.05, 4.69) is 4.74 Å². The van der Waals surface area contributed by atoms with Gasteiger partial charge in [-0.1, -0.05) is 6.07 Å². The zero-order valence-corrected chi connectivity index (χ0v) is 17.2. The molecule has 11 heteroatoms. The number of esters is 1. The third kappa shape index (κ3) is 5.37. The van der Waals surface area contributed by atoms with Gasteiger partial charge in [-0.2, -0.15) is 0 Å². The molecule has 0 aromatic heterocycles. The molecule has 0 bridgehead atoms. The molecule has 166 valence electrons. The Morgan fingerprint density at radius 1 is 1.03 bits per heavy atom. The van der Waals surface area contributed by atoms with Gasteiger partial charge in [0.15, 0.2) is 0 Å². The van der Waals surface area contributed by atoms with Crippen molar-refractivity contribution in [1.29, 1.82) is 0 Å². The van der Waals surface area contributed by atoms with Gasteiger partial charge < -0.3 is 24.2 Å². The lowest BCUT2D eigenvalue weighted by atomic mass is 10.1. The van der Waals surface area contributed by atoms with Gasteiger partial charge >= 0.3 is 17.8 Å². The maximum Gasteiger partial charge on any atom is 0.330 e. The summed E-state index contributed by atoms with van der Waals surface area (Å²) in [4.78, 5) is 52.1. The number of piperazine rings is 1. The fourth-order valence-corrected chi connectivity index (χ4v) is 3.48. The van der Waals surface area contributed by atoms with E-state index in [1.165, 1.54) is 35.1 Å². The average molecular weight is 432 g/mol. The molecule has 2 aliphatic rings. The third-order valence-corrected chi connectivity index (χ3v) is 5.20. The number of hydrogen-bond donors (Lipinski definition) is 0. The van der Waals surface area contributed by atoms with Crippen LogP contribution in [0, 0.1) is 10.1 Å². The van der Waals surface area contributed by atoms with Crippen molar-refractivity contribution in [2.45, 2.75) is 0 Å². The Kier molecular flexibility index (Phi) is 7.19. The summed E-state index contributed by atoms with van der Waals surface area (Å²) in [5.74, 6) is -1.65. The molecule has 0 aliphatic carbocycles. The highest BCUT2D eigenvalue weighted by Gasteiger charge is 2.31. The molecule has 2 heterocycles. The minimum absolute atomic E-state index is 0.101. The molecule has 11 nitrogen and oxygen atoms in total. The first-order chi connectivity index (χ1) is 14.9. The number of benzene rings is 1. The third-order valence-electron chi connectivity index (χ3n) is 5.20. The number of anilines is 1. The lowest BCUT2D eigenvalue weighted by Crippen LogP contribution is -2.54. The van der Waals surface area contributed by atoms with Gasteiger partial charge in [0.1, 0.15) is 5.69 Å². The van der Waals surface area contributed by atoms with Crippen molar-refractivity contribution < 1.29 is 28.8 Å². The van der Waals surface area contributed by atoms with Gasteiger partial charge in [0.25, 0.3) is 5.69 Å². The molecule has 0 atom stereocenters. The van der Waals surface area contributed by atoms with E-state index in [9.17, 15) is 24.5 Å². The molecule has 1 aromatic carbocycles. The molecule has 2 fully saturated rings. The number of morpholine rings is 1. The fraction of sp³-hybridized carbons (Fsp3) is 0.450. The number of methoxy groups -OCH3 is 1. The number of ether oxygens (including phenoxy) is 2. The molecule has 2 saturated heterocycles. The van der Waals surface area contributed by atoms with Crippen LogP contribution >= 0.6 is 0 Å². The van der Waals surface area contributed by atoms with Gasteiger partial charge in [0.2, 0.25) is 0 Å². The van der Waals surface area contributed by atoms with Gasteiger partial charge in [0, 0.05) is 51.4 Å². The maximum atomic E-state index is 12.5. The first-order valence-electron chi connectivity index (χ1n) is 9.86. The molecular formula is C20H24N4O7. The van der Waals surface area contributed by atoms with Crippen LogP contribution in [0.15, 0.2) is 24.3 Å². The number of nitro benzene ring substituents is 1. The standard InChI is InChI=1S/C20H24N4O7/c1-30-18(25)5-3-15-2-4-16(17(14-15)24(28)29)21-6-8-22(9-7-21)19(26)20(27)23-10-12-31-13-11-23/h2-5,14H,6-13H2,1H3/b5-3+. The summed E-state index contributed by atoms with van der Waals surface area (Å²) in [5, 5.41) is 11.6. The van der Waals surface area contributed by atoms with Gasteiger partial charge in [-0.15, -0.1) is 0 Å². The van der Waals surface area contributed by atoms with Crippen LogP contribution in [-0.4, -0.2) is 92.1 Å². The SMILES string of the molecule is COC(=O)/C=C/c1ccc(N2CCN(C(=O)C(=O)N3CCOCC3)CC2)c([N+](=O)[O-])c1. The second-order valence-electron chi connectivity index (χ2n) is 7.05. The molecular weight excluding hydrogens is 408 g/mol. The number of nitro groups is 1. The molecule has 31 heavy (non-hydrogen) atoms. The number of hydrogen-bond acceptors (Lipinski definition) is 8. The minimum atomic E-state index is -0.556. The summed E-state index contributed by atoms with van der Waals surface area (Å²) in [7, 11) is 1.25. The van der Waals surface area contributed by atoms with Crippen LogP contribution in [0.2, 0.25) is 0 Å². The van der Waals surface area contributed by atoms with Crippen molar-refractivity contribution in [1.82, 2.24) is 9.80 Å². The van der Waals surface area contributed by atoms with Gasteiger partial charge in [-0.05, 0) is 17.7 Å². The molecule has 0 unspecified atom stereocenters. The second-order valence-corrected chi connectivity index (χ2v) is 7.05. The molecule has 0 radical (unpaired) electrons. The van der Waals surface area contributed by atoms with Gasteiger partial charge in [0.05, 0.1) is 25.2 Å². The summed E-state index contributed by atoms with van der Waals surface area (Å²) < 4.78 is 9.72. The van der Waals surface area contributed by atoms with Crippen molar-refractivity contribution in [3.63, 3.8) is 0 Å². The summed E-state index contributed by atoms with van der Waals surface area (Å²) in [6.07, 6.45) is 2.63. The smallest absolute Gasteiger partial charge is 0.330 e. The molecule has 2 aliphatic heterocycles. The first kappa shape index (κ1) is 22.2. The second kappa shape index (κ2) is 10.0. The van der Waals surface area contributed by atoms with E-state index in [0.29, 0.717) is 50.6 Å². The lowest BCUT2D eigenvalue weighted by Gasteiger charge is -2.36. The van der Waals surface area contributed by atoms with E-state index < -0.39 is 22.7 Å². The zero-order chi connectivity index (χ0) is 22.4. The Bertz CT molecular complexity index is 888. The zero-order valence-electron chi connectivity index (χ0n) is 17.2. The summed E-state index contributed by atoms with van der Waals surface area (Å²) >= 11 is 0. The Balaban J connectivity index is 1.66. The normalized spacial score (nSPS) is 17.0. The lowest BCUT2D eigenvalue weighted by molar-refractivity contribution is -0.384. The summed E-state index contributed by atoms with van der Waals surface area (Å²) in [5.41, 5.74) is 0.814. The van der Waals surface area contributed by atoms with Crippen molar-refractivity contribution in [3.05, 3.63) is 40.0 Å². The van der Waals surface area contributed by atoms with E-state index in [1.54, 1.807) is 12.1 Å². The number of carbonyl (C=O) groups excluding carboxylic acids is 3. The Morgan fingerprint density at radius 3 is 2.23 bits per heavy atom. The molecule has 2 amide bonds. The van der Waals surface area contributed by atoms with E-state index in [0.717, 1.165) is 0 Å². The van der Waals surface area contributed by atoms with Crippen molar-refractivity contribution >= 4 is 35.2 Å². The highest BCUT2D eigenvalue weighted by Crippen LogP contribution is 2.30. The Hall–Kier alpha value is -3.47. The predicted molar refractivity (Wildman–Crippen MR) is 110 cm³/mol. The van der Waals surface area contributed by atoms with Gasteiger partial charge in [-0.25, -0.2) is 4.79 Å². The molecule has 0 N–H and O–H groups in total. The fourth-order valence-electron chi connectivity index (χ4n) is 3.48. The highest BCUT2D eigenvalue weighted by molar-refractivity contribution is 6.35. The molecule has 0 spiro atoms. The predicted octanol–water partition coefficient (Wildman–Crippen LogP) is 0.288. The number of rotatable bonds is 4. The van der Waals surface area contributed by atoms with Crippen LogP contribution in [0.5, 0.6) is 0 Å². The van der Waals surface area contributed by atoms with Crippen LogP contribution in [-0.2, 0) is 23.9 Å². The van der Waals surface area contributed by atoms with E-state index >= 15 is 0 Å². The number of nitrogens with zero attached hydrogens (tertiary/aromatic N) is 4. The van der Waals surface area contributed by atoms with Crippen molar-refractivity contribution in [3.8, 4) is 0 Å². The van der Waals surface area contributed by atoms with Crippen LogP contribution in [0.25, 0.3) is 6.08 Å². The highest BCUT2D eigenvalue weighted by atomic mass is 16.6. The largest absolute Gasteiger partial charge is 0.466 e. The van der Waals surface area contributed by atoms with E-state index in [-0.39, 0.29) is 18.8 Å². The first-order valence-corrected chi connectivity index (χ1v) is 9.86. The number of amides is 2. The molecule has 1 aromatic rings. The van der Waals surface area contributed by atoms with Crippen LogP contribution in [0.1, 0.15) is 5.56 Å². The van der Waals surface area contributed by atoms with E-state index in [4.69, 9.17) is 4.74 Å². The van der Waals surface area contributed by atoms with Crippen LogP contribution < -0.4 is 4.90 Å². The number of carbonyl (C=O) groups is 3. The average Bonchev–Trinajstić information content (AvgIpc) is 2.82. The molecule has 0 saturated carbocycles. The maximum absolute atomic E-state index is 12.5. The minimum Gasteiger partial charge on any atom is -0.466 e. The van der Waals surface area contributed by atoms with E-state index in [1.807, 2.05) is 4.90 Å².